The molecule has 8 nitrogen and oxygen atoms in total. The van der Waals surface area contributed by atoms with E-state index in [1.807, 2.05) is 67.9 Å². The molecule has 0 atom stereocenters. The minimum Gasteiger partial charge on any atom is -0.382 e. The van der Waals surface area contributed by atoms with Crippen molar-refractivity contribution in [2.75, 3.05) is 37.8 Å². The molecule has 0 aliphatic carbocycles. The summed E-state index contributed by atoms with van der Waals surface area (Å²) < 4.78 is 3.78. The van der Waals surface area contributed by atoms with Crippen LogP contribution in [0.25, 0.3) is 0 Å². The van der Waals surface area contributed by atoms with Crippen molar-refractivity contribution in [3.8, 4) is 0 Å². The molecule has 0 radical (unpaired) electrons. The van der Waals surface area contributed by atoms with E-state index in [1.54, 1.807) is 0 Å². The first kappa shape index (κ1) is 18.6. The maximum absolute atomic E-state index is 11.3. The number of rotatable bonds is 7. The number of anilines is 2. The van der Waals surface area contributed by atoms with E-state index in [0.29, 0.717) is 11.4 Å². The van der Waals surface area contributed by atoms with Crippen LogP contribution < -0.4 is 15.2 Å². The Balaban J connectivity index is 2.28. The number of hydrogen-bond donors (Lipinski definition) is 2. The van der Waals surface area contributed by atoms with Gasteiger partial charge in [0.1, 0.15) is 5.69 Å². The largest absolute Gasteiger partial charge is 0.421 e. The monoisotopic (exact) mass is 344 g/mol. The molecular formula is C17H26N7O+. The van der Waals surface area contributed by atoms with Crippen LogP contribution >= 0.6 is 0 Å². The highest BCUT2D eigenvalue weighted by Gasteiger charge is 2.12. The SMILES string of the molecule is CC(=O)Nc1ccc(NCCN(C)C)c(N=Nc2n(C)cc[n+]2C)c1. The van der Waals surface area contributed by atoms with E-state index in [-0.39, 0.29) is 5.91 Å². The van der Waals surface area contributed by atoms with Crippen molar-refractivity contribution < 1.29 is 9.36 Å². The molecule has 0 spiro atoms. The van der Waals surface area contributed by atoms with E-state index in [0.717, 1.165) is 24.7 Å². The zero-order chi connectivity index (χ0) is 18.4. The van der Waals surface area contributed by atoms with Gasteiger partial charge < -0.3 is 15.5 Å². The average Bonchev–Trinajstić information content (AvgIpc) is 2.85. The first-order chi connectivity index (χ1) is 11.9. The summed E-state index contributed by atoms with van der Waals surface area (Å²) in [5.41, 5.74) is 2.23. The smallest absolute Gasteiger partial charge is 0.382 e. The Hall–Kier alpha value is -2.74. The fourth-order valence-electron chi connectivity index (χ4n) is 2.28. The van der Waals surface area contributed by atoms with Gasteiger partial charge in [-0.15, -0.1) is 0 Å². The van der Waals surface area contributed by atoms with Gasteiger partial charge in [-0.05, 0) is 32.3 Å². The third kappa shape index (κ3) is 5.39. The van der Waals surface area contributed by atoms with Gasteiger partial charge in [-0.1, -0.05) is 5.11 Å². The van der Waals surface area contributed by atoms with Crippen molar-refractivity contribution in [3.63, 3.8) is 0 Å². The van der Waals surface area contributed by atoms with E-state index in [4.69, 9.17) is 0 Å². The van der Waals surface area contributed by atoms with Crippen LogP contribution in [0.1, 0.15) is 6.92 Å². The first-order valence-corrected chi connectivity index (χ1v) is 8.09. The number of benzene rings is 1. The molecule has 0 aliphatic heterocycles. The van der Waals surface area contributed by atoms with E-state index < -0.39 is 0 Å². The number of imidazole rings is 1. The summed E-state index contributed by atoms with van der Waals surface area (Å²) in [7, 11) is 7.88. The zero-order valence-electron chi connectivity index (χ0n) is 15.4. The van der Waals surface area contributed by atoms with Crippen LogP contribution in [0.4, 0.5) is 23.0 Å². The maximum atomic E-state index is 11.3. The Morgan fingerprint density at radius 2 is 2.08 bits per heavy atom. The Morgan fingerprint density at radius 1 is 1.32 bits per heavy atom. The van der Waals surface area contributed by atoms with Gasteiger partial charge in [0.2, 0.25) is 5.91 Å². The predicted molar refractivity (Wildman–Crippen MR) is 98.6 cm³/mol. The Labute approximate surface area is 148 Å². The van der Waals surface area contributed by atoms with Crippen LogP contribution in [0.3, 0.4) is 0 Å². The van der Waals surface area contributed by atoms with E-state index in [2.05, 4.69) is 25.8 Å². The molecule has 2 rings (SSSR count). The molecule has 1 amide bonds. The van der Waals surface area contributed by atoms with Gasteiger partial charge in [-0.25, -0.2) is 9.13 Å². The fourth-order valence-corrected chi connectivity index (χ4v) is 2.28. The van der Waals surface area contributed by atoms with Gasteiger partial charge in [0.25, 0.3) is 0 Å². The molecule has 25 heavy (non-hydrogen) atoms. The van der Waals surface area contributed by atoms with E-state index >= 15 is 0 Å². The number of azo groups is 1. The number of aromatic nitrogens is 2. The molecule has 134 valence electrons. The number of amides is 1. The third-order valence-electron chi connectivity index (χ3n) is 3.58. The number of carbonyl (C=O) groups excluding carboxylic acids is 1. The lowest BCUT2D eigenvalue weighted by atomic mass is 10.2. The molecule has 0 fully saturated rings. The Kier molecular flexibility index (Phi) is 6.24. The summed E-state index contributed by atoms with van der Waals surface area (Å²) in [6.45, 7) is 3.16. The number of carbonyl (C=O) groups is 1. The summed E-state index contributed by atoms with van der Waals surface area (Å²) in [5.74, 6) is 0.606. The number of likely N-dealkylation sites (N-methyl/N-ethyl adjacent to an activating group) is 1. The molecule has 1 aromatic heterocycles. The van der Waals surface area contributed by atoms with Crippen molar-refractivity contribution in [2.45, 2.75) is 6.92 Å². The lowest BCUT2D eigenvalue weighted by Crippen LogP contribution is -2.25. The molecule has 2 aromatic rings. The number of hydrogen-bond acceptors (Lipinski definition) is 5. The van der Waals surface area contributed by atoms with Crippen LogP contribution in [0.5, 0.6) is 0 Å². The summed E-state index contributed by atoms with van der Waals surface area (Å²) in [5, 5.41) is 14.9. The van der Waals surface area contributed by atoms with Crippen LogP contribution in [0.15, 0.2) is 40.8 Å². The van der Waals surface area contributed by atoms with Crippen molar-refractivity contribution in [2.24, 2.45) is 24.3 Å². The second-order valence-corrected chi connectivity index (χ2v) is 6.16. The highest BCUT2D eigenvalue weighted by atomic mass is 16.1. The molecule has 8 heteroatoms. The molecular weight excluding hydrogens is 318 g/mol. The van der Waals surface area contributed by atoms with Gasteiger partial charge >= 0.3 is 5.95 Å². The number of aryl methyl sites for hydroxylation is 2. The van der Waals surface area contributed by atoms with Gasteiger partial charge in [0.15, 0.2) is 0 Å². The molecule has 1 aromatic carbocycles. The Bertz CT molecular complexity index is 745. The molecule has 2 N–H and O–H groups in total. The van der Waals surface area contributed by atoms with Gasteiger partial charge in [-0.2, -0.15) is 0 Å². The highest BCUT2D eigenvalue weighted by molar-refractivity contribution is 5.90. The van der Waals surface area contributed by atoms with Gasteiger partial charge in [0.05, 0.1) is 32.2 Å². The quantitative estimate of drug-likeness (QED) is 0.597. The minimum absolute atomic E-state index is 0.120. The second-order valence-electron chi connectivity index (χ2n) is 6.16. The van der Waals surface area contributed by atoms with Crippen molar-refractivity contribution in [1.82, 2.24) is 9.47 Å². The summed E-state index contributed by atoms with van der Waals surface area (Å²) in [6, 6.07) is 5.56. The second kappa shape index (κ2) is 8.39. The molecule has 0 unspecified atom stereocenters. The standard InChI is InChI=1S/C17H25N7O/c1-13(25)19-14-6-7-15(18-8-9-22(2)3)16(12-14)20-21-17-23(4)10-11-24(17)5/h6-7,10-12H,8-9H2,1-5H3,(H,19,20,25)/p+1. The van der Waals surface area contributed by atoms with E-state index in [1.165, 1.54) is 6.92 Å². The lowest BCUT2D eigenvalue weighted by molar-refractivity contribution is -0.657. The molecule has 1 heterocycles. The Morgan fingerprint density at radius 3 is 2.68 bits per heavy atom. The predicted octanol–water partition coefficient (Wildman–Crippen LogP) is 2.20. The molecule has 0 saturated heterocycles. The molecule has 0 bridgehead atoms. The molecule has 0 aliphatic rings. The van der Waals surface area contributed by atoms with Crippen LogP contribution in [-0.2, 0) is 18.9 Å². The first-order valence-electron chi connectivity index (χ1n) is 8.09. The number of nitrogens with one attached hydrogen (secondary N) is 2. The van der Waals surface area contributed by atoms with Crippen molar-refractivity contribution in [1.29, 1.82) is 0 Å². The fraction of sp³-hybridized carbons (Fsp3) is 0.412. The maximum Gasteiger partial charge on any atom is 0.421 e. The van der Waals surface area contributed by atoms with Crippen molar-refractivity contribution >= 4 is 28.9 Å². The van der Waals surface area contributed by atoms with Crippen LogP contribution in [0, 0.1) is 0 Å². The van der Waals surface area contributed by atoms with Crippen molar-refractivity contribution in [3.05, 3.63) is 30.6 Å². The van der Waals surface area contributed by atoms with Crippen LogP contribution in [0.2, 0.25) is 0 Å². The summed E-state index contributed by atoms with van der Waals surface area (Å²) in [4.78, 5) is 13.4. The molecule has 0 saturated carbocycles. The third-order valence-corrected chi connectivity index (χ3v) is 3.58. The summed E-state index contributed by atoms with van der Waals surface area (Å²) in [6.07, 6.45) is 3.83. The average molecular weight is 344 g/mol. The minimum atomic E-state index is -0.120. The normalized spacial score (nSPS) is 11.3. The zero-order valence-corrected chi connectivity index (χ0v) is 15.4. The number of nitrogens with zero attached hydrogens (tertiary/aromatic N) is 5. The van der Waals surface area contributed by atoms with Gasteiger partial charge in [0, 0.05) is 30.8 Å². The van der Waals surface area contributed by atoms with Gasteiger partial charge in [-0.3, -0.25) is 4.79 Å². The van der Waals surface area contributed by atoms with E-state index in [9.17, 15) is 4.79 Å². The summed E-state index contributed by atoms with van der Waals surface area (Å²) >= 11 is 0. The topological polar surface area (TPSA) is 77.9 Å². The highest BCUT2D eigenvalue weighted by Crippen LogP contribution is 2.29. The van der Waals surface area contributed by atoms with Crippen LogP contribution in [-0.4, -0.2) is 42.6 Å². The lowest BCUT2D eigenvalue weighted by Gasteiger charge is -2.13.